The van der Waals surface area contributed by atoms with E-state index in [1.165, 1.54) is 6.33 Å². The summed E-state index contributed by atoms with van der Waals surface area (Å²) >= 11 is 0. The Morgan fingerprint density at radius 3 is 2.70 bits per heavy atom. The number of nitrogen functional groups attached to an aromatic ring is 1. The first-order valence-corrected chi connectivity index (χ1v) is 9.88. The van der Waals surface area contributed by atoms with Crippen LogP contribution in [0.3, 0.4) is 0 Å². The minimum atomic E-state index is -3.56. The Balaban J connectivity index is 2.04. The minimum Gasteiger partial charge on any atom is -0.383 e. The van der Waals surface area contributed by atoms with Gasteiger partial charge in [0, 0.05) is 17.5 Å². The number of benzene rings is 1. The van der Waals surface area contributed by atoms with Crippen LogP contribution in [0.25, 0.3) is 11.0 Å². The Morgan fingerprint density at radius 1 is 1.30 bits per heavy atom. The fourth-order valence-corrected chi connectivity index (χ4v) is 3.32. The summed E-state index contributed by atoms with van der Waals surface area (Å²) in [4.78, 5) is 8.45. The van der Waals surface area contributed by atoms with E-state index in [0.29, 0.717) is 29.0 Å². The van der Waals surface area contributed by atoms with Crippen LogP contribution in [0.2, 0.25) is 0 Å². The molecule has 27 heavy (non-hydrogen) atoms. The van der Waals surface area contributed by atoms with Gasteiger partial charge in [0.2, 0.25) is 0 Å². The second kappa shape index (κ2) is 6.66. The van der Waals surface area contributed by atoms with Crippen LogP contribution in [0.4, 0.5) is 11.5 Å². The predicted molar refractivity (Wildman–Crippen MR) is 107 cm³/mol. The monoisotopic (exact) mass is 386 g/mol. The molecule has 8 nitrogen and oxygen atoms in total. The molecule has 142 valence electrons. The van der Waals surface area contributed by atoms with Gasteiger partial charge >= 0.3 is 0 Å². The van der Waals surface area contributed by atoms with Crippen LogP contribution in [0.5, 0.6) is 0 Å². The third-order valence-corrected chi connectivity index (χ3v) is 4.94. The van der Waals surface area contributed by atoms with Gasteiger partial charge in [0.05, 0.1) is 16.6 Å². The zero-order valence-electron chi connectivity index (χ0n) is 15.5. The van der Waals surface area contributed by atoms with Crippen LogP contribution in [0.15, 0.2) is 42.6 Å². The van der Waals surface area contributed by atoms with Crippen molar-refractivity contribution >= 4 is 32.6 Å². The standard InChI is InChI=1S/C18H22N6O2S/c1-5-27(25,26)23-13-8-6-7-12(9-13)10-14-15-16(19)20-11-21-17(15)24(22-14)18(2,3)4/h5-9,11,23H,1,10H2,2-4H3,(H2,19,20,21). The maximum Gasteiger partial charge on any atom is 0.254 e. The third kappa shape index (κ3) is 3.92. The van der Waals surface area contributed by atoms with Crippen LogP contribution in [0, 0.1) is 0 Å². The van der Waals surface area contributed by atoms with Crippen molar-refractivity contribution < 1.29 is 8.42 Å². The van der Waals surface area contributed by atoms with Crippen LogP contribution in [0.1, 0.15) is 32.0 Å². The molecule has 0 spiro atoms. The van der Waals surface area contributed by atoms with E-state index < -0.39 is 10.0 Å². The first kappa shape index (κ1) is 18.8. The molecule has 9 heteroatoms. The van der Waals surface area contributed by atoms with Crippen LogP contribution < -0.4 is 10.5 Å². The molecule has 0 fully saturated rings. The number of anilines is 2. The van der Waals surface area contributed by atoms with Gasteiger partial charge in [-0.25, -0.2) is 23.1 Å². The van der Waals surface area contributed by atoms with Crippen LogP contribution in [-0.4, -0.2) is 28.2 Å². The summed E-state index contributed by atoms with van der Waals surface area (Å²) in [7, 11) is -3.56. The Kier molecular flexibility index (Phi) is 4.64. The number of nitrogens with one attached hydrogen (secondary N) is 1. The summed E-state index contributed by atoms with van der Waals surface area (Å²) in [5, 5.41) is 6.30. The van der Waals surface area contributed by atoms with Crippen molar-refractivity contribution in [3.8, 4) is 0 Å². The third-order valence-electron chi connectivity index (χ3n) is 3.98. The van der Waals surface area contributed by atoms with Gasteiger partial charge in [-0.15, -0.1) is 0 Å². The molecule has 3 N–H and O–H groups in total. The van der Waals surface area contributed by atoms with E-state index in [-0.39, 0.29) is 5.54 Å². The first-order chi connectivity index (χ1) is 12.6. The van der Waals surface area contributed by atoms with Crippen LogP contribution in [-0.2, 0) is 22.0 Å². The molecule has 0 aliphatic carbocycles. The van der Waals surface area contributed by atoms with Gasteiger partial charge in [0.25, 0.3) is 10.0 Å². The largest absolute Gasteiger partial charge is 0.383 e. The molecule has 0 radical (unpaired) electrons. The number of nitrogens with two attached hydrogens (primary N) is 1. The van der Waals surface area contributed by atoms with E-state index >= 15 is 0 Å². The molecule has 0 unspecified atom stereocenters. The lowest BCUT2D eigenvalue weighted by Crippen LogP contribution is -2.23. The summed E-state index contributed by atoms with van der Waals surface area (Å²) in [6, 6.07) is 7.10. The van der Waals surface area contributed by atoms with E-state index in [1.807, 2.05) is 31.5 Å². The number of sulfonamides is 1. The fraction of sp³-hybridized carbons (Fsp3) is 0.278. The topological polar surface area (TPSA) is 116 Å². The number of rotatable bonds is 5. The van der Waals surface area contributed by atoms with E-state index in [0.717, 1.165) is 16.7 Å². The number of nitrogens with zero attached hydrogens (tertiary/aromatic N) is 4. The molecule has 0 aliphatic rings. The van der Waals surface area contributed by atoms with E-state index in [9.17, 15) is 8.42 Å². The van der Waals surface area contributed by atoms with Crippen molar-refractivity contribution in [2.24, 2.45) is 0 Å². The fourth-order valence-electron chi connectivity index (χ4n) is 2.78. The molecule has 3 aromatic rings. The second-order valence-corrected chi connectivity index (χ2v) is 8.81. The normalized spacial score (nSPS) is 12.3. The second-order valence-electron chi connectivity index (χ2n) is 7.18. The number of hydrogen-bond acceptors (Lipinski definition) is 6. The van der Waals surface area contributed by atoms with Crippen molar-refractivity contribution in [3.63, 3.8) is 0 Å². The molecule has 0 atom stereocenters. The smallest absolute Gasteiger partial charge is 0.254 e. The lowest BCUT2D eigenvalue weighted by Gasteiger charge is -2.19. The average molecular weight is 386 g/mol. The van der Waals surface area contributed by atoms with Crippen molar-refractivity contribution in [1.82, 2.24) is 19.7 Å². The molecule has 0 saturated heterocycles. The number of fused-ring (bicyclic) bond motifs is 1. The molecule has 0 bridgehead atoms. The van der Waals surface area contributed by atoms with Crippen molar-refractivity contribution in [1.29, 1.82) is 0 Å². The Bertz CT molecular complexity index is 1110. The van der Waals surface area contributed by atoms with Crippen LogP contribution >= 0.6 is 0 Å². The summed E-state index contributed by atoms with van der Waals surface area (Å²) < 4.78 is 27.7. The lowest BCUT2D eigenvalue weighted by molar-refractivity contribution is 0.363. The van der Waals surface area contributed by atoms with E-state index in [1.54, 1.807) is 18.2 Å². The molecule has 3 rings (SSSR count). The summed E-state index contributed by atoms with van der Waals surface area (Å²) in [6.07, 6.45) is 1.89. The lowest BCUT2D eigenvalue weighted by atomic mass is 10.1. The Labute approximate surface area is 158 Å². The molecule has 0 saturated carbocycles. The molecular weight excluding hydrogens is 364 g/mol. The number of hydrogen-bond donors (Lipinski definition) is 2. The van der Waals surface area contributed by atoms with Crippen molar-refractivity contribution in [2.75, 3.05) is 10.5 Å². The molecular formula is C18H22N6O2S. The van der Waals surface area contributed by atoms with Gasteiger partial charge in [-0.1, -0.05) is 18.7 Å². The maximum absolute atomic E-state index is 11.7. The van der Waals surface area contributed by atoms with Crippen molar-refractivity contribution in [3.05, 3.63) is 53.8 Å². The molecule has 2 heterocycles. The SMILES string of the molecule is C=CS(=O)(=O)Nc1cccc(Cc2nn(C(C)(C)C)c3ncnc(N)c23)c1. The quantitative estimate of drug-likeness (QED) is 0.696. The molecule has 0 aliphatic heterocycles. The van der Waals surface area contributed by atoms with Gasteiger partial charge in [-0.05, 0) is 38.5 Å². The summed E-state index contributed by atoms with van der Waals surface area (Å²) in [5.41, 5.74) is 8.56. The summed E-state index contributed by atoms with van der Waals surface area (Å²) in [6.45, 7) is 9.40. The van der Waals surface area contributed by atoms with E-state index in [2.05, 4.69) is 21.3 Å². The van der Waals surface area contributed by atoms with Crippen molar-refractivity contribution in [2.45, 2.75) is 32.7 Å². The van der Waals surface area contributed by atoms with Gasteiger partial charge in [0.1, 0.15) is 12.1 Å². The molecule has 0 amide bonds. The zero-order valence-corrected chi connectivity index (χ0v) is 16.3. The van der Waals surface area contributed by atoms with E-state index in [4.69, 9.17) is 10.8 Å². The zero-order chi connectivity index (χ0) is 19.8. The molecule has 2 aromatic heterocycles. The molecule has 1 aromatic carbocycles. The summed E-state index contributed by atoms with van der Waals surface area (Å²) in [5.74, 6) is 0.369. The minimum absolute atomic E-state index is 0.279. The van der Waals surface area contributed by atoms with Gasteiger partial charge < -0.3 is 5.73 Å². The number of aromatic nitrogens is 4. The Hall–Kier alpha value is -2.94. The van der Waals surface area contributed by atoms with Gasteiger partial charge in [0.15, 0.2) is 5.65 Å². The average Bonchev–Trinajstić information content (AvgIpc) is 2.95. The highest BCUT2D eigenvalue weighted by molar-refractivity contribution is 7.95. The first-order valence-electron chi connectivity index (χ1n) is 8.33. The highest BCUT2D eigenvalue weighted by atomic mass is 32.2. The highest BCUT2D eigenvalue weighted by Crippen LogP contribution is 2.28. The predicted octanol–water partition coefficient (Wildman–Crippen LogP) is 2.64. The highest BCUT2D eigenvalue weighted by Gasteiger charge is 2.23. The van der Waals surface area contributed by atoms with Gasteiger partial charge in [-0.3, -0.25) is 4.72 Å². The van der Waals surface area contributed by atoms with Gasteiger partial charge in [-0.2, -0.15) is 5.10 Å². The Morgan fingerprint density at radius 2 is 2.04 bits per heavy atom. The maximum atomic E-state index is 11.7.